The molecule has 270 valence electrons. The van der Waals surface area contributed by atoms with Gasteiger partial charge in [-0.3, -0.25) is 0 Å². The summed E-state index contributed by atoms with van der Waals surface area (Å²) in [4.78, 5) is 0. The Morgan fingerprint density at radius 1 is 0.618 bits per heavy atom. The van der Waals surface area contributed by atoms with Crippen LogP contribution >= 0.6 is 0 Å². The van der Waals surface area contributed by atoms with E-state index < -0.39 is 0 Å². The maximum atomic E-state index is 2.52. The van der Waals surface area contributed by atoms with Gasteiger partial charge in [0.2, 0.25) is 0 Å². The Labute approximate surface area is 326 Å². The Morgan fingerprint density at radius 2 is 1.22 bits per heavy atom. The van der Waals surface area contributed by atoms with Gasteiger partial charge in [0.05, 0.1) is 11.0 Å². The average molecular weight is 712 g/mol. The number of benzene rings is 6. The van der Waals surface area contributed by atoms with E-state index in [-0.39, 0.29) is 10.8 Å². The molecule has 1 heteroatoms. The van der Waals surface area contributed by atoms with Crippen molar-refractivity contribution in [3.05, 3.63) is 210 Å². The summed E-state index contributed by atoms with van der Waals surface area (Å²) in [6, 6.07) is 54.1. The minimum absolute atomic E-state index is 0.0293. The third-order valence-electron chi connectivity index (χ3n) is 12.6. The lowest BCUT2D eigenvalue weighted by molar-refractivity contribution is 0.569. The van der Waals surface area contributed by atoms with Gasteiger partial charge in [-0.2, -0.15) is 0 Å². The molecule has 9 rings (SSSR count). The van der Waals surface area contributed by atoms with Gasteiger partial charge in [-0.25, -0.2) is 0 Å². The fourth-order valence-corrected chi connectivity index (χ4v) is 9.23. The first-order valence-corrected chi connectivity index (χ1v) is 19.9. The predicted octanol–water partition coefficient (Wildman–Crippen LogP) is 14.5. The highest BCUT2D eigenvalue weighted by molar-refractivity contribution is 6.10. The first-order valence-electron chi connectivity index (χ1n) is 19.9. The lowest BCUT2D eigenvalue weighted by Gasteiger charge is -2.35. The van der Waals surface area contributed by atoms with Gasteiger partial charge in [0.15, 0.2) is 0 Å². The largest absolute Gasteiger partial charge is 0.309 e. The average Bonchev–Trinajstić information content (AvgIpc) is 3.55. The molecular formula is C54H49N. The summed E-state index contributed by atoms with van der Waals surface area (Å²) in [5.41, 5.74) is 15.4. The molecule has 0 radical (unpaired) electrons. The summed E-state index contributed by atoms with van der Waals surface area (Å²) < 4.78 is 2.44. The van der Waals surface area contributed by atoms with Crippen molar-refractivity contribution in [2.24, 2.45) is 5.92 Å². The molecule has 55 heavy (non-hydrogen) atoms. The van der Waals surface area contributed by atoms with Crippen LogP contribution in [0.5, 0.6) is 0 Å². The summed E-state index contributed by atoms with van der Waals surface area (Å²) in [7, 11) is 0. The van der Waals surface area contributed by atoms with Crippen molar-refractivity contribution in [3.8, 4) is 27.9 Å². The molecule has 3 unspecified atom stereocenters. The van der Waals surface area contributed by atoms with E-state index in [0.29, 0.717) is 11.8 Å². The van der Waals surface area contributed by atoms with Crippen molar-refractivity contribution in [1.82, 2.24) is 4.57 Å². The predicted molar refractivity (Wildman–Crippen MR) is 235 cm³/mol. The standard InChI is InChI=1S/C54H49N/c1-37-34-50(53(3,4)44-17-11-7-12-18-44)38(2)33-47(37)42-21-19-41(20-22-42)43-25-29-51-48(35-43)49-36-45(54(5)31-13-8-14-32-54)26-30-52(49)55(51)46-27-23-40(24-28-46)39-15-9-6-10-16-39/h6-31,33-37,47H,32H2,1-5H3. The van der Waals surface area contributed by atoms with E-state index >= 15 is 0 Å². The second-order valence-electron chi connectivity index (χ2n) is 16.5. The number of hydrogen-bond acceptors (Lipinski definition) is 0. The molecule has 0 amide bonds. The van der Waals surface area contributed by atoms with Crippen LogP contribution in [-0.4, -0.2) is 4.57 Å². The van der Waals surface area contributed by atoms with Crippen LogP contribution in [0.4, 0.5) is 0 Å². The smallest absolute Gasteiger partial charge is 0.0541 e. The molecular weight excluding hydrogens is 663 g/mol. The monoisotopic (exact) mass is 711 g/mol. The van der Waals surface area contributed by atoms with E-state index in [1.807, 2.05) is 0 Å². The Kier molecular flexibility index (Phi) is 8.70. The number of rotatable bonds is 7. The molecule has 2 aliphatic carbocycles. The third kappa shape index (κ3) is 6.22. The molecule has 0 spiro atoms. The molecule has 2 aliphatic rings. The van der Waals surface area contributed by atoms with Gasteiger partial charge in [-0.15, -0.1) is 0 Å². The van der Waals surface area contributed by atoms with Crippen molar-refractivity contribution in [2.75, 3.05) is 0 Å². The molecule has 7 aromatic rings. The Hall–Kier alpha value is -5.92. The number of hydrogen-bond donors (Lipinski definition) is 0. The van der Waals surface area contributed by atoms with Gasteiger partial charge in [-0.1, -0.05) is 179 Å². The van der Waals surface area contributed by atoms with E-state index in [0.717, 1.165) is 6.42 Å². The Balaban J connectivity index is 1.08. The molecule has 0 saturated heterocycles. The van der Waals surface area contributed by atoms with Gasteiger partial charge in [0.25, 0.3) is 0 Å². The van der Waals surface area contributed by atoms with Crippen LogP contribution in [0.3, 0.4) is 0 Å². The van der Waals surface area contributed by atoms with E-state index in [9.17, 15) is 0 Å². The van der Waals surface area contributed by atoms with Crippen molar-refractivity contribution >= 4 is 21.8 Å². The maximum absolute atomic E-state index is 2.52. The van der Waals surface area contributed by atoms with Gasteiger partial charge in [0, 0.05) is 33.2 Å². The van der Waals surface area contributed by atoms with Crippen molar-refractivity contribution in [2.45, 2.75) is 57.8 Å². The van der Waals surface area contributed by atoms with Crippen LogP contribution in [0.2, 0.25) is 0 Å². The molecule has 0 aliphatic heterocycles. The highest BCUT2D eigenvalue weighted by atomic mass is 15.0. The summed E-state index contributed by atoms with van der Waals surface area (Å²) in [5, 5.41) is 2.57. The Bertz CT molecular complexity index is 2640. The van der Waals surface area contributed by atoms with Crippen molar-refractivity contribution in [1.29, 1.82) is 0 Å². The minimum atomic E-state index is -0.0407. The van der Waals surface area contributed by atoms with E-state index in [4.69, 9.17) is 0 Å². The van der Waals surface area contributed by atoms with Crippen LogP contribution < -0.4 is 0 Å². The number of allylic oxidation sites excluding steroid dienone is 8. The molecule has 1 nitrogen and oxygen atoms in total. The topological polar surface area (TPSA) is 4.93 Å². The molecule has 0 bridgehead atoms. The highest BCUT2D eigenvalue weighted by Gasteiger charge is 2.31. The zero-order chi connectivity index (χ0) is 37.7. The summed E-state index contributed by atoms with van der Waals surface area (Å²) in [5.74, 6) is 0.754. The second-order valence-corrected chi connectivity index (χ2v) is 16.5. The summed E-state index contributed by atoms with van der Waals surface area (Å²) in [6.07, 6.45) is 15.0. The maximum Gasteiger partial charge on any atom is 0.0541 e. The Morgan fingerprint density at radius 3 is 1.91 bits per heavy atom. The molecule has 3 atom stereocenters. The van der Waals surface area contributed by atoms with Gasteiger partial charge in [0.1, 0.15) is 0 Å². The van der Waals surface area contributed by atoms with Crippen molar-refractivity contribution < 1.29 is 0 Å². The molecule has 0 fully saturated rings. The molecule has 0 N–H and O–H groups in total. The first-order chi connectivity index (χ1) is 26.7. The fraction of sp³-hybridized carbons (Fsp3) is 0.185. The van der Waals surface area contributed by atoms with E-state index in [1.54, 1.807) is 0 Å². The summed E-state index contributed by atoms with van der Waals surface area (Å²) in [6.45, 7) is 11.7. The van der Waals surface area contributed by atoms with Gasteiger partial charge >= 0.3 is 0 Å². The zero-order valence-electron chi connectivity index (χ0n) is 32.6. The SMILES string of the molecule is CC1=CC(c2ccc(-c3ccc4c(c3)c3cc(C5(C)C=CC=CC5)ccc3n4-c3ccc(-c4ccccc4)cc3)cc2)C(C)C=C1C(C)(C)c1ccccc1. The van der Waals surface area contributed by atoms with Gasteiger partial charge in [-0.05, 0) is 100 Å². The number of nitrogens with zero attached hydrogens (tertiary/aromatic N) is 1. The molecule has 1 heterocycles. The third-order valence-corrected chi connectivity index (χ3v) is 12.6. The molecule has 1 aromatic heterocycles. The normalized spacial score (nSPS) is 19.8. The first kappa shape index (κ1) is 34.8. The highest BCUT2D eigenvalue weighted by Crippen LogP contribution is 2.44. The molecule has 6 aromatic carbocycles. The summed E-state index contributed by atoms with van der Waals surface area (Å²) >= 11 is 0. The van der Waals surface area contributed by atoms with Crippen LogP contribution in [0.15, 0.2) is 193 Å². The fourth-order valence-electron chi connectivity index (χ4n) is 9.23. The van der Waals surface area contributed by atoms with Crippen LogP contribution in [0, 0.1) is 5.92 Å². The van der Waals surface area contributed by atoms with Crippen molar-refractivity contribution in [3.63, 3.8) is 0 Å². The lowest BCUT2D eigenvalue weighted by Crippen LogP contribution is -2.25. The number of aromatic nitrogens is 1. The van der Waals surface area contributed by atoms with E-state index in [1.165, 1.54) is 77.6 Å². The molecule has 0 saturated carbocycles. The minimum Gasteiger partial charge on any atom is -0.309 e. The lowest BCUT2D eigenvalue weighted by atomic mass is 9.69. The van der Waals surface area contributed by atoms with Crippen LogP contribution in [-0.2, 0) is 10.8 Å². The van der Waals surface area contributed by atoms with Gasteiger partial charge < -0.3 is 4.57 Å². The van der Waals surface area contributed by atoms with Crippen LogP contribution in [0.25, 0.3) is 49.7 Å². The number of fused-ring (bicyclic) bond motifs is 3. The quantitative estimate of drug-likeness (QED) is 0.155. The van der Waals surface area contributed by atoms with E-state index in [2.05, 4.69) is 221 Å². The zero-order valence-corrected chi connectivity index (χ0v) is 32.6. The second kappa shape index (κ2) is 13.7. The van der Waals surface area contributed by atoms with Crippen LogP contribution in [0.1, 0.15) is 63.6 Å².